The van der Waals surface area contributed by atoms with Gasteiger partial charge in [-0.05, 0) is 36.1 Å². The van der Waals surface area contributed by atoms with Gasteiger partial charge in [-0.1, -0.05) is 72.8 Å². The number of sulfonamides is 1. The molecule has 30 heavy (non-hydrogen) atoms. The quantitative estimate of drug-likeness (QED) is 0.383. The number of nitro benzene ring substituents is 1. The lowest BCUT2D eigenvalue weighted by Gasteiger charge is -2.19. The first kappa shape index (κ1) is 21.4. The highest BCUT2D eigenvalue weighted by Crippen LogP contribution is 2.23. The Morgan fingerprint density at radius 3 is 2.10 bits per heavy atom. The van der Waals surface area contributed by atoms with Crippen LogP contribution in [0.3, 0.4) is 0 Å². The number of benzene rings is 3. The average Bonchev–Trinajstić information content (AvgIpc) is 2.77. The van der Waals surface area contributed by atoms with Crippen LogP contribution in [0.5, 0.6) is 0 Å². The molecule has 0 radical (unpaired) electrons. The van der Waals surface area contributed by atoms with Crippen molar-refractivity contribution in [2.45, 2.75) is 23.8 Å². The van der Waals surface area contributed by atoms with Crippen molar-refractivity contribution in [2.24, 2.45) is 0 Å². The smallest absolute Gasteiger partial charge is 0.258 e. The van der Waals surface area contributed by atoms with Crippen LogP contribution in [-0.2, 0) is 10.0 Å². The van der Waals surface area contributed by atoms with Gasteiger partial charge in [-0.15, -0.1) is 0 Å². The highest BCUT2D eigenvalue weighted by molar-refractivity contribution is 7.89. The van der Waals surface area contributed by atoms with Gasteiger partial charge in [0, 0.05) is 18.2 Å². The average molecular weight is 423 g/mol. The Morgan fingerprint density at radius 2 is 1.50 bits per heavy atom. The van der Waals surface area contributed by atoms with Gasteiger partial charge in [-0.2, -0.15) is 0 Å². The van der Waals surface area contributed by atoms with Gasteiger partial charge in [-0.25, -0.2) is 13.1 Å². The van der Waals surface area contributed by atoms with Crippen LogP contribution in [0.2, 0.25) is 0 Å². The van der Waals surface area contributed by atoms with Crippen LogP contribution in [-0.4, -0.2) is 13.3 Å². The van der Waals surface area contributed by atoms with E-state index >= 15 is 0 Å². The molecule has 0 aromatic heterocycles. The summed E-state index contributed by atoms with van der Waals surface area (Å²) in [6, 6.07) is 23.7. The first-order chi connectivity index (χ1) is 14.5. The van der Waals surface area contributed by atoms with E-state index in [0.717, 1.165) is 11.1 Å². The second kappa shape index (κ2) is 9.96. The van der Waals surface area contributed by atoms with Crippen molar-refractivity contribution in [3.05, 3.63) is 112 Å². The maximum absolute atomic E-state index is 12.9. The van der Waals surface area contributed by atoms with Gasteiger partial charge in [0.1, 0.15) is 0 Å². The van der Waals surface area contributed by atoms with Gasteiger partial charge in [0.15, 0.2) is 0 Å². The predicted octanol–water partition coefficient (Wildman–Crippen LogP) is 5.11. The van der Waals surface area contributed by atoms with Crippen LogP contribution in [0, 0.1) is 10.1 Å². The van der Waals surface area contributed by atoms with E-state index < -0.39 is 21.0 Å². The molecule has 3 aromatic rings. The molecular weight excluding hydrogens is 400 g/mol. The molecule has 1 atom stereocenters. The fraction of sp³-hybridized carbons (Fsp3) is 0.130. The molecule has 0 bridgehead atoms. The molecule has 0 heterocycles. The van der Waals surface area contributed by atoms with E-state index in [-0.39, 0.29) is 10.6 Å². The Kier molecular flexibility index (Phi) is 7.11. The Morgan fingerprint density at radius 1 is 0.900 bits per heavy atom. The van der Waals surface area contributed by atoms with Gasteiger partial charge >= 0.3 is 0 Å². The van der Waals surface area contributed by atoms with Gasteiger partial charge in [0.05, 0.1) is 9.82 Å². The van der Waals surface area contributed by atoms with E-state index in [0.29, 0.717) is 12.8 Å². The molecule has 1 N–H and O–H groups in total. The van der Waals surface area contributed by atoms with Crippen LogP contribution in [0.25, 0.3) is 6.08 Å². The normalized spacial score (nSPS) is 12.7. The minimum absolute atomic E-state index is 0.00569. The minimum Gasteiger partial charge on any atom is -0.258 e. The Labute approximate surface area is 176 Å². The van der Waals surface area contributed by atoms with Gasteiger partial charge in [0.25, 0.3) is 5.69 Å². The lowest BCUT2D eigenvalue weighted by molar-refractivity contribution is -0.384. The van der Waals surface area contributed by atoms with Gasteiger partial charge in [0.2, 0.25) is 10.0 Å². The molecule has 0 amide bonds. The molecule has 0 saturated heterocycles. The van der Waals surface area contributed by atoms with Crippen molar-refractivity contribution in [3.8, 4) is 0 Å². The van der Waals surface area contributed by atoms with Crippen molar-refractivity contribution in [1.82, 2.24) is 4.72 Å². The maximum atomic E-state index is 12.9. The lowest BCUT2D eigenvalue weighted by atomic mass is 10.0. The van der Waals surface area contributed by atoms with E-state index in [2.05, 4.69) is 4.72 Å². The Bertz CT molecular complexity index is 1100. The molecular formula is C23H22N2O4S. The SMILES string of the molecule is O=[N+]([O-])c1ccc(S(=O)(=O)NC(CC/C=C/c2ccccc2)c2ccccc2)cc1. The number of allylic oxidation sites excluding steroid dienone is 1. The Hall–Kier alpha value is -3.29. The van der Waals surface area contributed by atoms with Gasteiger partial charge in [-0.3, -0.25) is 10.1 Å². The largest absolute Gasteiger partial charge is 0.269 e. The highest BCUT2D eigenvalue weighted by Gasteiger charge is 2.21. The van der Waals surface area contributed by atoms with E-state index in [9.17, 15) is 18.5 Å². The van der Waals surface area contributed by atoms with Crippen molar-refractivity contribution in [3.63, 3.8) is 0 Å². The van der Waals surface area contributed by atoms with Crippen LogP contribution in [0.15, 0.2) is 95.9 Å². The summed E-state index contributed by atoms with van der Waals surface area (Å²) < 4.78 is 28.4. The summed E-state index contributed by atoms with van der Waals surface area (Å²) in [6.07, 6.45) is 5.27. The fourth-order valence-corrected chi connectivity index (χ4v) is 4.29. The molecule has 3 aromatic carbocycles. The predicted molar refractivity (Wildman–Crippen MR) is 117 cm³/mol. The summed E-state index contributed by atoms with van der Waals surface area (Å²) in [5.41, 5.74) is 1.79. The fourth-order valence-electron chi connectivity index (χ4n) is 3.03. The second-order valence-corrected chi connectivity index (χ2v) is 8.44. The van der Waals surface area contributed by atoms with Crippen LogP contribution >= 0.6 is 0 Å². The summed E-state index contributed by atoms with van der Waals surface area (Å²) in [5, 5.41) is 10.8. The third-order valence-corrected chi connectivity index (χ3v) is 6.08. The summed E-state index contributed by atoms with van der Waals surface area (Å²) >= 11 is 0. The number of non-ortho nitro benzene ring substituents is 1. The summed E-state index contributed by atoms with van der Waals surface area (Å²) in [7, 11) is -3.84. The van der Waals surface area contributed by atoms with Gasteiger partial charge < -0.3 is 0 Å². The minimum atomic E-state index is -3.84. The van der Waals surface area contributed by atoms with Crippen molar-refractivity contribution in [2.75, 3.05) is 0 Å². The molecule has 0 spiro atoms. The molecule has 154 valence electrons. The number of nitro groups is 1. The topological polar surface area (TPSA) is 89.3 Å². The zero-order chi connectivity index (χ0) is 21.4. The van der Waals surface area contributed by atoms with E-state index in [1.54, 1.807) is 0 Å². The monoisotopic (exact) mass is 422 g/mol. The molecule has 7 heteroatoms. The molecule has 0 aliphatic rings. The van der Waals surface area contributed by atoms with Crippen molar-refractivity contribution >= 4 is 21.8 Å². The summed E-state index contributed by atoms with van der Waals surface area (Å²) in [4.78, 5) is 10.2. The number of nitrogens with one attached hydrogen (secondary N) is 1. The van der Waals surface area contributed by atoms with E-state index in [4.69, 9.17) is 0 Å². The zero-order valence-corrected chi connectivity index (χ0v) is 17.0. The first-order valence-corrected chi connectivity index (χ1v) is 11.0. The third-order valence-electron chi connectivity index (χ3n) is 4.59. The second-order valence-electron chi connectivity index (χ2n) is 6.73. The molecule has 3 rings (SSSR count). The lowest BCUT2D eigenvalue weighted by Crippen LogP contribution is -2.28. The number of hydrogen-bond acceptors (Lipinski definition) is 4. The zero-order valence-electron chi connectivity index (χ0n) is 16.2. The summed E-state index contributed by atoms with van der Waals surface area (Å²) in [6.45, 7) is 0. The molecule has 0 aliphatic carbocycles. The third kappa shape index (κ3) is 5.85. The number of rotatable bonds is 9. The molecule has 6 nitrogen and oxygen atoms in total. The number of hydrogen-bond donors (Lipinski definition) is 1. The molecule has 0 aliphatic heterocycles. The van der Waals surface area contributed by atoms with E-state index in [1.807, 2.05) is 72.8 Å². The Balaban J connectivity index is 1.75. The van der Waals surface area contributed by atoms with Crippen LogP contribution < -0.4 is 4.72 Å². The number of nitrogens with zero attached hydrogens (tertiary/aromatic N) is 1. The van der Waals surface area contributed by atoms with E-state index in [1.165, 1.54) is 24.3 Å². The summed E-state index contributed by atoms with van der Waals surface area (Å²) in [5.74, 6) is 0. The van der Waals surface area contributed by atoms with Crippen LogP contribution in [0.4, 0.5) is 5.69 Å². The van der Waals surface area contributed by atoms with Crippen molar-refractivity contribution < 1.29 is 13.3 Å². The molecule has 1 unspecified atom stereocenters. The molecule has 0 saturated carbocycles. The maximum Gasteiger partial charge on any atom is 0.269 e. The van der Waals surface area contributed by atoms with Crippen LogP contribution in [0.1, 0.15) is 30.0 Å². The first-order valence-electron chi connectivity index (χ1n) is 9.49. The molecule has 0 fully saturated rings. The van der Waals surface area contributed by atoms with Crippen molar-refractivity contribution in [1.29, 1.82) is 0 Å². The standard InChI is InChI=1S/C23H22N2O4S/c26-25(27)21-15-17-22(18-16-21)30(28,29)24-23(20-12-5-2-6-13-20)14-8-7-11-19-9-3-1-4-10-19/h1-7,9-13,15-18,23-24H,8,14H2/b11-7+. The highest BCUT2D eigenvalue weighted by atomic mass is 32.2.